The van der Waals surface area contributed by atoms with Crippen LogP contribution >= 0.6 is 0 Å². The molecular formula is C21H23N5O2. The minimum absolute atomic E-state index is 0.0876. The fourth-order valence-corrected chi connectivity index (χ4v) is 4.08. The highest BCUT2D eigenvalue weighted by atomic mass is 16.4. The standard InChI is InChI=1S/C21H23N5O2/c1-14(19(27)26-12-9-21(7-8-21)10-13-26)23-20-25-24-18(28-20)16-4-2-6-17-15(16)5-3-11-22-17/h2-6,11,14H,7-10,12-13H2,1H3,(H,23,25)/t14-/m1/s1. The molecule has 144 valence electrons. The summed E-state index contributed by atoms with van der Waals surface area (Å²) in [7, 11) is 0. The zero-order valence-corrected chi connectivity index (χ0v) is 15.9. The second kappa shape index (κ2) is 6.58. The summed E-state index contributed by atoms with van der Waals surface area (Å²) in [5, 5.41) is 12.3. The Balaban J connectivity index is 1.29. The lowest BCUT2D eigenvalue weighted by molar-refractivity contribution is -0.133. The van der Waals surface area contributed by atoms with Gasteiger partial charge >= 0.3 is 6.01 Å². The van der Waals surface area contributed by atoms with Crippen molar-refractivity contribution in [3.05, 3.63) is 36.5 Å². The molecule has 1 saturated heterocycles. The summed E-state index contributed by atoms with van der Waals surface area (Å²) >= 11 is 0. The molecule has 1 aromatic carbocycles. The number of piperidine rings is 1. The number of aromatic nitrogens is 3. The Bertz CT molecular complexity index is 1010. The van der Waals surface area contributed by atoms with Crippen LogP contribution in [0.4, 0.5) is 6.01 Å². The summed E-state index contributed by atoms with van der Waals surface area (Å²) < 4.78 is 5.80. The fraction of sp³-hybridized carbons (Fsp3) is 0.429. The maximum atomic E-state index is 12.8. The Hall–Kier alpha value is -2.96. The van der Waals surface area contributed by atoms with Gasteiger partial charge in [-0.2, -0.15) is 0 Å². The SMILES string of the molecule is C[C@@H](Nc1nnc(-c2cccc3ncccc23)o1)C(=O)N1CCC2(CC1)CC2. The Morgan fingerprint density at radius 2 is 1.96 bits per heavy atom. The van der Waals surface area contributed by atoms with Gasteiger partial charge in [-0.05, 0) is 56.2 Å². The maximum Gasteiger partial charge on any atom is 0.316 e. The number of likely N-dealkylation sites (tertiary alicyclic amines) is 1. The van der Waals surface area contributed by atoms with E-state index < -0.39 is 6.04 Å². The molecule has 1 N–H and O–H groups in total. The molecule has 0 unspecified atom stereocenters. The highest BCUT2D eigenvalue weighted by Gasteiger charge is 2.45. The molecule has 1 saturated carbocycles. The lowest BCUT2D eigenvalue weighted by Crippen LogP contribution is -2.45. The molecule has 7 heteroatoms. The molecular weight excluding hydrogens is 354 g/mol. The van der Waals surface area contributed by atoms with Crippen molar-refractivity contribution in [3.63, 3.8) is 0 Å². The number of fused-ring (bicyclic) bond motifs is 1. The largest absolute Gasteiger partial charge is 0.403 e. The van der Waals surface area contributed by atoms with Gasteiger partial charge < -0.3 is 14.6 Å². The molecule has 0 bridgehead atoms. The Labute approximate surface area is 163 Å². The first-order valence-electron chi connectivity index (χ1n) is 9.87. The van der Waals surface area contributed by atoms with Crippen LogP contribution in [-0.4, -0.2) is 45.1 Å². The van der Waals surface area contributed by atoms with Gasteiger partial charge in [-0.1, -0.05) is 17.2 Å². The molecule has 1 amide bonds. The van der Waals surface area contributed by atoms with Crippen LogP contribution in [0.15, 0.2) is 40.9 Å². The average molecular weight is 377 g/mol. The van der Waals surface area contributed by atoms with Crippen LogP contribution in [0.5, 0.6) is 0 Å². The van der Waals surface area contributed by atoms with Crippen LogP contribution in [0.25, 0.3) is 22.4 Å². The summed E-state index contributed by atoms with van der Waals surface area (Å²) in [5.41, 5.74) is 2.26. The first kappa shape index (κ1) is 17.2. The van der Waals surface area contributed by atoms with E-state index in [1.807, 2.05) is 42.2 Å². The molecule has 1 atom stereocenters. The minimum atomic E-state index is -0.407. The van der Waals surface area contributed by atoms with Gasteiger partial charge in [0.05, 0.1) is 5.52 Å². The first-order valence-corrected chi connectivity index (χ1v) is 9.87. The molecule has 2 fully saturated rings. The van der Waals surface area contributed by atoms with E-state index in [4.69, 9.17) is 4.42 Å². The number of benzene rings is 1. The van der Waals surface area contributed by atoms with Gasteiger partial charge in [0.25, 0.3) is 0 Å². The van der Waals surface area contributed by atoms with Gasteiger partial charge in [0.15, 0.2) is 0 Å². The zero-order valence-electron chi connectivity index (χ0n) is 15.9. The Kier molecular flexibility index (Phi) is 4.03. The lowest BCUT2D eigenvalue weighted by Gasteiger charge is -2.33. The number of hydrogen-bond donors (Lipinski definition) is 1. The normalized spacial score (nSPS) is 19.0. The quantitative estimate of drug-likeness (QED) is 0.749. The predicted molar refractivity (Wildman–Crippen MR) is 106 cm³/mol. The minimum Gasteiger partial charge on any atom is -0.403 e. The van der Waals surface area contributed by atoms with E-state index in [0.29, 0.717) is 11.3 Å². The number of pyridine rings is 1. The van der Waals surface area contributed by atoms with Gasteiger partial charge in [-0.15, -0.1) is 5.10 Å². The van der Waals surface area contributed by atoms with Crippen molar-refractivity contribution in [2.75, 3.05) is 18.4 Å². The molecule has 5 rings (SSSR count). The van der Waals surface area contributed by atoms with Crippen molar-refractivity contribution in [2.45, 2.75) is 38.6 Å². The number of nitrogens with zero attached hydrogens (tertiary/aromatic N) is 4. The number of carbonyl (C=O) groups excluding carboxylic acids is 1. The maximum absolute atomic E-state index is 12.8. The third-order valence-corrected chi connectivity index (χ3v) is 6.10. The molecule has 7 nitrogen and oxygen atoms in total. The van der Waals surface area contributed by atoms with Crippen molar-refractivity contribution in [2.24, 2.45) is 5.41 Å². The molecule has 2 aromatic heterocycles. The monoisotopic (exact) mass is 377 g/mol. The number of nitrogens with one attached hydrogen (secondary N) is 1. The average Bonchev–Trinajstić information content (AvgIpc) is 3.32. The van der Waals surface area contributed by atoms with E-state index in [1.165, 1.54) is 12.8 Å². The van der Waals surface area contributed by atoms with Crippen LogP contribution in [0.2, 0.25) is 0 Å². The molecule has 1 aliphatic carbocycles. The summed E-state index contributed by atoms with van der Waals surface area (Å²) in [6.45, 7) is 3.54. The summed E-state index contributed by atoms with van der Waals surface area (Å²) in [6, 6.07) is 9.49. The van der Waals surface area contributed by atoms with E-state index in [2.05, 4.69) is 20.5 Å². The molecule has 3 heterocycles. The van der Waals surface area contributed by atoms with Crippen LogP contribution in [0.3, 0.4) is 0 Å². The van der Waals surface area contributed by atoms with Crippen LogP contribution in [0.1, 0.15) is 32.6 Å². The van der Waals surface area contributed by atoms with Crippen molar-refractivity contribution in [3.8, 4) is 11.5 Å². The topological polar surface area (TPSA) is 84.1 Å². The second-order valence-corrected chi connectivity index (χ2v) is 7.98. The highest BCUT2D eigenvalue weighted by molar-refractivity contribution is 5.92. The van der Waals surface area contributed by atoms with Crippen molar-refractivity contribution < 1.29 is 9.21 Å². The van der Waals surface area contributed by atoms with Crippen molar-refractivity contribution in [1.82, 2.24) is 20.1 Å². The third-order valence-electron chi connectivity index (χ3n) is 6.10. The molecule has 0 radical (unpaired) electrons. The first-order chi connectivity index (χ1) is 13.6. The van der Waals surface area contributed by atoms with Gasteiger partial charge in [0.1, 0.15) is 6.04 Å². The predicted octanol–water partition coefficient (Wildman–Crippen LogP) is 3.49. The van der Waals surface area contributed by atoms with E-state index in [-0.39, 0.29) is 11.9 Å². The van der Waals surface area contributed by atoms with Crippen LogP contribution in [-0.2, 0) is 4.79 Å². The zero-order chi connectivity index (χ0) is 19.1. The number of hydrogen-bond acceptors (Lipinski definition) is 6. The highest BCUT2D eigenvalue weighted by Crippen LogP contribution is 2.53. The smallest absolute Gasteiger partial charge is 0.316 e. The van der Waals surface area contributed by atoms with Gasteiger partial charge in [-0.3, -0.25) is 9.78 Å². The summed E-state index contributed by atoms with van der Waals surface area (Å²) in [4.78, 5) is 19.1. The van der Waals surface area contributed by atoms with E-state index in [0.717, 1.165) is 42.4 Å². The lowest BCUT2D eigenvalue weighted by atomic mass is 9.93. The van der Waals surface area contributed by atoms with E-state index in [9.17, 15) is 4.79 Å². The number of rotatable bonds is 4. The second-order valence-electron chi connectivity index (χ2n) is 7.98. The van der Waals surface area contributed by atoms with Gasteiger partial charge in [0.2, 0.25) is 11.8 Å². The van der Waals surface area contributed by atoms with Crippen molar-refractivity contribution in [1.29, 1.82) is 0 Å². The third kappa shape index (κ3) is 3.10. The number of carbonyl (C=O) groups is 1. The summed E-state index contributed by atoms with van der Waals surface area (Å²) in [5.74, 6) is 0.499. The molecule has 28 heavy (non-hydrogen) atoms. The molecule has 1 spiro atoms. The Morgan fingerprint density at radius 1 is 1.14 bits per heavy atom. The van der Waals surface area contributed by atoms with Crippen LogP contribution < -0.4 is 5.32 Å². The molecule has 1 aliphatic heterocycles. The molecule has 3 aromatic rings. The van der Waals surface area contributed by atoms with Crippen molar-refractivity contribution >= 4 is 22.8 Å². The van der Waals surface area contributed by atoms with Gasteiger partial charge in [0, 0.05) is 30.2 Å². The molecule has 2 aliphatic rings. The van der Waals surface area contributed by atoms with E-state index >= 15 is 0 Å². The fourth-order valence-electron chi connectivity index (χ4n) is 4.08. The Morgan fingerprint density at radius 3 is 2.75 bits per heavy atom. The number of anilines is 1. The summed E-state index contributed by atoms with van der Waals surface area (Å²) in [6.07, 6.45) is 6.68. The van der Waals surface area contributed by atoms with Gasteiger partial charge in [-0.25, -0.2) is 0 Å². The number of amides is 1. The van der Waals surface area contributed by atoms with E-state index in [1.54, 1.807) is 6.20 Å². The van der Waals surface area contributed by atoms with Crippen LogP contribution in [0, 0.1) is 5.41 Å².